The predicted octanol–water partition coefficient (Wildman–Crippen LogP) is 4.63. The molecule has 1 N–H and O–H groups in total. The topological polar surface area (TPSA) is 60.0 Å². The van der Waals surface area contributed by atoms with Crippen LogP contribution in [0.5, 0.6) is 17.2 Å². The maximum atomic E-state index is 13.0. The molecule has 1 aliphatic heterocycles. The van der Waals surface area contributed by atoms with Crippen molar-refractivity contribution >= 4 is 5.91 Å². The second-order valence-electron chi connectivity index (χ2n) is 8.55. The van der Waals surface area contributed by atoms with Gasteiger partial charge < -0.3 is 19.5 Å². The molecule has 0 aliphatic carbocycles. The lowest BCUT2D eigenvalue weighted by atomic mass is 9.87. The van der Waals surface area contributed by atoms with Crippen molar-refractivity contribution in [2.45, 2.75) is 32.0 Å². The van der Waals surface area contributed by atoms with Crippen molar-refractivity contribution in [1.29, 1.82) is 0 Å². The minimum atomic E-state index is -0.143. The van der Waals surface area contributed by atoms with Crippen molar-refractivity contribution in [2.24, 2.45) is 0 Å². The zero-order valence-electron chi connectivity index (χ0n) is 20.2. The fourth-order valence-corrected chi connectivity index (χ4v) is 4.76. The lowest BCUT2D eigenvalue weighted by molar-refractivity contribution is 0.0877. The highest BCUT2D eigenvalue weighted by Crippen LogP contribution is 2.40. The molecular weight excluding hydrogens is 428 g/mol. The Labute approximate surface area is 201 Å². The van der Waals surface area contributed by atoms with Gasteiger partial charge in [0.15, 0.2) is 11.5 Å². The van der Waals surface area contributed by atoms with Gasteiger partial charge in [-0.1, -0.05) is 30.3 Å². The van der Waals surface area contributed by atoms with Crippen LogP contribution >= 0.6 is 0 Å². The largest absolute Gasteiger partial charge is 0.497 e. The quantitative estimate of drug-likeness (QED) is 0.531. The fourth-order valence-electron chi connectivity index (χ4n) is 4.76. The molecule has 0 radical (unpaired) electrons. The molecule has 2 atom stereocenters. The Morgan fingerprint density at radius 2 is 1.71 bits per heavy atom. The smallest absolute Gasteiger partial charge is 0.251 e. The molecule has 0 fully saturated rings. The molecule has 0 unspecified atom stereocenters. The summed E-state index contributed by atoms with van der Waals surface area (Å²) < 4.78 is 16.6. The number of nitrogens with one attached hydrogen (secondary N) is 1. The molecule has 6 nitrogen and oxygen atoms in total. The first-order valence-electron chi connectivity index (χ1n) is 11.5. The van der Waals surface area contributed by atoms with Crippen LogP contribution in [0.25, 0.3) is 0 Å². The Morgan fingerprint density at radius 3 is 2.41 bits per heavy atom. The monoisotopic (exact) mass is 460 g/mol. The van der Waals surface area contributed by atoms with E-state index in [1.807, 2.05) is 42.5 Å². The number of ether oxygens (including phenoxy) is 3. The third-order valence-corrected chi connectivity index (χ3v) is 6.41. The molecule has 0 saturated heterocycles. The zero-order valence-corrected chi connectivity index (χ0v) is 20.2. The molecule has 6 heteroatoms. The first-order valence-corrected chi connectivity index (χ1v) is 11.5. The lowest BCUT2D eigenvalue weighted by Gasteiger charge is -2.41. The SMILES string of the molecule is COc1cccc(CN2CCc3cc(OC)c(OC)cc3[C@H]2[C@@H](C)NC(=O)c2ccccc2)c1. The van der Waals surface area contributed by atoms with Gasteiger partial charge in [0.25, 0.3) is 5.91 Å². The molecule has 1 aliphatic rings. The van der Waals surface area contributed by atoms with Gasteiger partial charge >= 0.3 is 0 Å². The second-order valence-corrected chi connectivity index (χ2v) is 8.55. The Balaban J connectivity index is 1.69. The number of hydrogen-bond acceptors (Lipinski definition) is 5. The van der Waals surface area contributed by atoms with E-state index in [-0.39, 0.29) is 18.0 Å². The molecule has 0 spiro atoms. The number of carbonyl (C=O) groups excluding carboxylic acids is 1. The summed E-state index contributed by atoms with van der Waals surface area (Å²) in [5.74, 6) is 2.17. The summed E-state index contributed by atoms with van der Waals surface area (Å²) in [7, 11) is 4.99. The number of hydrogen-bond donors (Lipinski definition) is 1. The molecule has 1 heterocycles. The van der Waals surface area contributed by atoms with Crippen LogP contribution in [-0.2, 0) is 13.0 Å². The molecule has 4 rings (SSSR count). The number of methoxy groups -OCH3 is 3. The molecule has 0 saturated carbocycles. The summed E-state index contributed by atoms with van der Waals surface area (Å²) in [5.41, 5.74) is 4.17. The van der Waals surface area contributed by atoms with E-state index in [1.54, 1.807) is 21.3 Å². The van der Waals surface area contributed by atoms with Crippen LogP contribution in [0.4, 0.5) is 0 Å². The van der Waals surface area contributed by atoms with Crippen LogP contribution < -0.4 is 19.5 Å². The van der Waals surface area contributed by atoms with Crippen molar-refractivity contribution in [3.8, 4) is 17.2 Å². The summed E-state index contributed by atoms with van der Waals surface area (Å²) in [4.78, 5) is 15.4. The lowest BCUT2D eigenvalue weighted by Crippen LogP contribution is -2.47. The number of benzene rings is 3. The van der Waals surface area contributed by atoms with Crippen LogP contribution in [0.15, 0.2) is 66.7 Å². The number of fused-ring (bicyclic) bond motifs is 1. The van der Waals surface area contributed by atoms with E-state index in [4.69, 9.17) is 14.2 Å². The van der Waals surface area contributed by atoms with Crippen molar-refractivity contribution in [2.75, 3.05) is 27.9 Å². The maximum absolute atomic E-state index is 13.0. The molecule has 0 aromatic heterocycles. The maximum Gasteiger partial charge on any atom is 0.251 e. The minimum Gasteiger partial charge on any atom is -0.497 e. The first kappa shape index (κ1) is 23.6. The third-order valence-electron chi connectivity index (χ3n) is 6.41. The Hall–Kier alpha value is -3.51. The van der Waals surface area contributed by atoms with Crippen LogP contribution in [0.1, 0.15) is 40.0 Å². The standard InChI is InChI=1S/C28H32N2O4/c1-19(29-28(31)21-10-6-5-7-11-21)27-24-17-26(34-4)25(33-3)16-22(24)13-14-30(27)18-20-9-8-12-23(15-20)32-2/h5-12,15-17,19,27H,13-14,18H2,1-4H3,(H,29,31)/t19-,27-/m1/s1. The average molecular weight is 461 g/mol. The molecule has 34 heavy (non-hydrogen) atoms. The summed E-state index contributed by atoms with van der Waals surface area (Å²) in [6.07, 6.45) is 0.884. The molecule has 3 aromatic rings. The Morgan fingerprint density at radius 1 is 0.971 bits per heavy atom. The normalized spacial score (nSPS) is 16.3. The van der Waals surface area contributed by atoms with Gasteiger partial charge in [0.05, 0.1) is 27.4 Å². The summed E-state index contributed by atoms with van der Waals surface area (Å²) in [6, 6.07) is 21.4. The van der Waals surface area contributed by atoms with E-state index in [1.165, 1.54) is 5.56 Å². The van der Waals surface area contributed by atoms with Crippen molar-refractivity contribution < 1.29 is 19.0 Å². The van der Waals surface area contributed by atoms with E-state index in [0.29, 0.717) is 11.3 Å². The van der Waals surface area contributed by atoms with Gasteiger partial charge in [-0.05, 0) is 66.4 Å². The molecule has 3 aromatic carbocycles. The van der Waals surface area contributed by atoms with Gasteiger partial charge in [-0.25, -0.2) is 0 Å². The highest BCUT2D eigenvalue weighted by atomic mass is 16.5. The molecular formula is C28H32N2O4. The molecule has 178 valence electrons. The third kappa shape index (κ3) is 5.02. The first-order chi connectivity index (χ1) is 16.5. The van der Waals surface area contributed by atoms with Gasteiger partial charge in [0.1, 0.15) is 5.75 Å². The second kappa shape index (κ2) is 10.6. The van der Waals surface area contributed by atoms with E-state index in [0.717, 1.165) is 42.1 Å². The van der Waals surface area contributed by atoms with Crippen LogP contribution in [0.2, 0.25) is 0 Å². The summed E-state index contributed by atoms with van der Waals surface area (Å²) in [5, 5.41) is 3.23. The fraction of sp³-hybridized carbons (Fsp3) is 0.321. The van der Waals surface area contributed by atoms with Crippen molar-refractivity contribution in [1.82, 2.24) is 10.2 Å². The van der Waals surface area contributed by atoms with E-state index >= 15 is 0 Å². The van der Waals surface area contributed by atoms with Crippen LogP contribution in [0.3, 0.4) is 0 Å². The Bertz CT molecular complexity index is 1130. The van der Waals surface area contributed by atoms with Crippen molar-refractivity contribution in [3.05, 3.63) is 89.0 Å². The Kier molecular flexibility index (Phi) is 7.38. The number of carbonyl (C=O) groups is 1. The molecule has 0 bridgehead atoms. The van der Waals surface area contributed by atoms with E-state index < -0.39 is 0 Å². The zero-order chi connectivity index (χ0) is 24.1. The summed E-state index contributed by atoms with van der Waals surface area (Å²) >= 11 is 0. The van der Waals surface area contributed by atoms with Gasteiger partial charge in [-0.15, -0.1) is 0 Å². The van der Waals surface area contributed by atoms with Gasteiger partial charge in [-0.2, -0.15) is 0 Å². The van der Waals surface area contributed by atoms with Crippen molar-refractivity contribution in [3.63, 3.8) is 0 Å². The number of amides is 1. The number of nitrogens with zero attached hydrogens (tertiary/aromatic N) is 1. The number of rotatable bonds is 8. The van der Waals surface area contributed by atoms with E-state index in [9.17, 15) is 4.79 Å². The average Bonchev–Trinajstić information content (AvgIpc) is 2.88. The summed E-state index contributed by atoms with van der Waals surface area (Å²) in [6.45, 7) is 3.66. The highest BCUT2D eigenvalue weighted by molar-refractivity contribution is 5.94. The van der Waals surface area contributed by atoms with Gasteiger partial charge in [0, 0.05) is 24.7 Å². The van der Waals surface area contributed by atoms with Crippen LogP contribution in [-0.4, -0.2) is 44.7 Å². The van der Waals surface area contributed by atoms with Gasteiger partial charge in [0.2, 0.25) is 0 Å². The predicted molar refractivity (Wildman–Crippen MR) is 133 cm³/mol. The minimum absolute atomic E-state index is 0.0394. The van der Waals surface area contributed by atoms with E-state index in [2.05, 4.69) is 41.4 Å². The molecule has 1 amide bonds. The highest BCUT2D eigenvalue weighted by Gasteiger charge is 2.34. The van der Waals surface area contributed by atoms with Crippen LogP contribution in [0, 0.1) is 0 Å². The van der Waals surface area contributed by atoms with Gasteiger partial charge in [-0.3, -0.25) is 9.69 Å².